The molecule has 2 aromatic rings. The fraction of sp³-hybridized carbons (Fsp3) is 0.400. The Morgan fingerprint density at radius 3 is 2.86 bits per heavy atom. The first-order valence-corrected chi connectivity index (χ1v) is 10.3. The number of hydrogen-bond acceptors (Lipinski definition) is 4. The lowest BCUT2D eigenvalue weighted by Gasteiger charge is -2.20. The van der Waals surface area contributed by atoms with Crippen LogP contribution < -0.4 is 15.5 Å². The van der Waals surface area contributed by atoms with Crippen LogP contribution in [0.15, 0.2) is 58.5 Å². The van der Waals surface area contributed by atoms with E-state index in [9.17, 15) is 4.39 Å². The van der Waals surface area contributed by atoms with Crippen molar-refractivity contribution in [2.45, 2.75) is 23.8 Å². The summed E-state index contributed by atoms with van der Waals surface area (Å²) < 4.78 is 13.9. The van der Waals surface area contributed by atoms with Gasteiger partial charge in [0.2, 0.25) is 0 Å². The molecule has 0 amide bonds. The number of benzene rings is 1. The summed E-state index contributed by atoms with van der Waals surface area (Å²) in [5.41, 5.74) is 0. The molecular formula is C20H27FIN5S. The van der Waals surface area contributed by atoms with E-state index in [1.807, 2.05) is 22.7 Å². The molecule has 8 heteroatoms. The topological polar surface area (TPSA) is 52.6 Å². The highest BCUT2D eigenvalue weighted by molar-refractivity contribution is 14.0. The number of guanidine groups is 1. The molecule has 1 fully saturated rings. The van der Waals surface area contributed by atoms with Gasteiger partial charge in [-0.15, -0.1) is 35.7 Å². The summed E-state index contributed by atoms with van der Waals surface area (Å²) in [5, 5.41) is 6.80. The van der Waals surface area contributed by atoms with Gasteiger partial charge in [-0.25, -0.2) is 9.37 Å². The smallest absolute Gasteiger partial charge is 0.191 e. The molecule has 1 aliphatic heterocycles. The summed E-state index contributed by atoms with van der Waals surface area (Å²) in [6.45, 7) is 2.37. The van der Waals surface area contributed by atoms with Crippen LogP contribution in [0.25, 0.3) is 0 Å². The molecule has 152 valence electrons. The van der Waals surface area contributed by atoms with Crippen LogP contribution >= 0.6 is 35.7 Å². The minimum absolute atomic E-state index is 0. The number of nitrogens with zero attached hydrogens (tertiary/aromatic N) is 3. The van der Waals surface area contributed by atoms with Crippen molar-refractivity contribution in [1.29, 1.82) is 0 Å². The SMILES string of the molecule is CN=C(NCCCSc1ccccc1)NC1CCN(c2ncccc2F)C1.I. The lowest BCUT2D eigenvalue weighted by atomic mass is 10.3. The third-order valence-electron chi connectivity index (χ3n) is 4.42. The molecule has 3 rings (SSSR count). The van der Waals surface area contributed by atoms with Crippen LogP contribution in [0.5, 0.6) is 0 Å². The van der Waals surface area contributed by atoms with Crippen LogP contribution in [0.4, 0.5) is 10.2 Å². The van der Waals surface area contributed by atoms with E-state index < -0.39 is 0 Å². The summed E-state index contributed by atoms with van der Waals surface area (Å²) in [5.74, 6) is 2.02. The lowest BCUT2D eigenvalue weighted by molar-refractivity contribution is 0.612. The minimum atomic E-state index is -0.267. The Morgan fingerprint density at radius 1 is 1.29 bits per heavy atom. The molecule has 1 aromatic carbocycles. The van der Waals surface area contributed by atoms with Crippen molar-refractivity contribution in [2.24, 2.45) is 4.99 Å². The summed E-state index contributed by atoms with van der Waals surface area (Å²) in [6.07, 6.45) is 3.61. The van der Waals surface area contributed by atoms with E-state index in [1.54, 1.807) is 19.3 Å². The highest BCUT2D eigenvalue weighted by atomic mass is 127. The largest absolute Gasteiger partial charge is 0.356 e. The van der Waals surface area contributed by atoms with Gasteiger partial charge in [0, 0.05) is 43.8 Å². The Hall–Kier alpha value is -1.55. The third kappa shape index (κ3) is 6.80. The molecule has 28 heavy (non-hydrogen) atoms. The number of halogens is 2. The first-order valence-electron chi connectivity index (χ1n) is 9.27. The minimum Gasteiger partial charge on any atom is -0.356 e. The standard InChI is InChI=1S/C20H26FN5S.HI/c1-22-20(24-12-6-14-27-17-7-3-2-4-8-17)25-16-10-13-26(15-16)19-18(21)9-5-11-23-19;/h2-5,7-9,11,16H,6,10,12-15H2,1H3,(H2,22,24,25);1H. The number of thioether (sulfide) groups is 1. The summed E-state index contributed by atoms with van der Waals surface area (Å²) in [7, 11) is 1.78. The summed E-state index contributed by atoms with van der Waals surface area (Å²) in [4.78, 5) is 11.7. The molecule has 2 N–H and O–H groups in total. The van der Waals surface area contributed by atoms with Gasteiger partial charge in [0.25, 0.3) is 0 Å². The molecule has 1 aliphatic rings. The van der Waals surface area contributed by atoms with Gasteiger partial charge in [-0.2, -0.15) is 0 Å². The summed E-state index contributed by atoms with van der Waals surface area (Å²) in [6, 6.07) is 13.7. The second kappa shape index (κ2) is 12.1. The monoisotopic (exact) mass is 515 g/mol. The average Bonchev–Trinajstić information content (AvgIpc) is 3.16. The molecule has 0 radical (unpaired) electrons. The second-order valence-electron chi connectivity index (χ2n) is 6.40. The number of nitrogens with one attached hydrogen (secondary N) is 2. The van der Waals surface area contributed by atoms with E-state index in [2.05, 4.69) is 44.9 Å². The van der Waals surface area contributed by atoms with Gasteiger partial charge in [-0.05, 0) is 42.9 Å². The molecule has 0 aliphatic carbocycles. The Kier molecular flexibility index (Phi) is 9.83. The van der Waals surface area contributed by atoms with Crippen LogP contribution in [-0.4, -0.2) is 49.4 Å². The van der Waals surface area contributed by atoms with E-state index in [-0.39, 0.29) is 35.8 Å². The molecule has 0 bridgehead atoms. The average molecular weight is 515 g/mol. The zero-order chi connectivity index (χ0) is 18.9. The number of aromatic nitrogens is 1. The lowest BCUT2D eigenvalue weighted by Crippen LogP contribution is -2.45. The highest BCUT2D eigenvalue weighted by Gasteiger charge is 2.25. The Balaban J connectivity index is 0.00000280. The van der Waals surface area contributed by atoms with E-state index in [0.29, 0.717) is 5.82 Å². The van der Waals surface area contributed by atoms with Gasteiger partial charge in [0.15, 0.2) is 17.6 Å². The van der Waals surface area contributed by atoms with Crippen molar-refractivity contribution in [1.82, 2.24) is 15.6 Å². The number of pyridine rings is 1. The molecule has 2 heterocycles. The normalized spacial score (nSPS) is 16.6. The Morgan fingerprint density at radius 2 is 2.11 bits per heavy atom. The van der Waals surface area contributed by atoms with E-state index >= 15 is 0 Å². The summed E-state index contributed by atoms with van der Waals surface area (Å²) >= 11 is 1.86. The van der Waals surface area contributed by atoms with Gasteiger partial charge in [0.1, 0.15) is 0 Å². The van der Waals surface area contributed by atoms with E-state index in [1.165, 1.54) is 11.0 Å². The van der Waals surface area contributed by atoms with Crippen molar-refractivity contribution in [2.75, 3.05) is 37.3 Å². The fourth-order valence-corrected chi connectivity index (χ4v) is 3.93. The third-order valence-corrected chi connectivity index (χ3v) is 5.52. The van der Waals surface area contributed by atoms with Gasteiger partial charge < -0.3 is 15.5 Å². The van der Waals surface area contributed by atoms with Gasteiger partial charge in [0.05, 0.1) is 0 Å². The fourth-order valence-electron chi connectivity index (χ4n) is 3.05. The van der Waals surface area contributed by atoms with Crippen molar-refractivity contribution in [3.8, 4) is 0 Å². The maximum absolute atomic E-state index is 13.9. The highest BCUT2D eigenvalue weighted by Crippen LogP contribution is 2.20. The first-order chi connectivity index (χ1) is 13.3. The van der Waals surface area contributed by atoms with E-state index in [0.717, 1.165) is 44.2 Å². The predicted octanol–water partition coefficient (Wildman–Crippen LogP) is 3.76. The predicted molar refractivity (Wildman–Crippen MR) is 127 cm³/mol. The van der Waals surface area contributed by atoms with Crippen LogP contribution in [0.1, 0.15) is 12.8 Å². The maximum Gasteiger partial charge on any atom is 0.191 e. The van der Waals surface area contributed by atoms with Crippen LogP contribution in [-0.2, 0) is 0 Å². The number of aliphatic imine (C=N–C) groups is 1. The molecule has 0 saturated carbocycles. The van der Waals surface area contributed by atoms with Crippen molar-refractivity contribution >= 4 is 47.5 Å². The molecular weight excluding hydrogens is 488 g/mol. The van der Waals surface area contributed by atoms with Crippen LogP contribution in [0.2, 0.25) is 0 Å². The zero-order valence-corrected chi connectivity index (χ0v) is 19.1. The van der Waals surface area contributed by atoms with Gasteiger partial charge in [-0.3, -0.25) is 4.99 Å². The number of anilines is 1. The zero-order valence-electron chi connectivity index (χ0n) is 16.0. The first kappa shape index (κ1) is 22.7. The molecule has 1 unspecified atom stereocenters. The van der Waals surface area contributed by atoms with Gasteiger partial charge in [-0.1, -0.05) is 18.2 Å². The number of hydrogen-bond donors (Lipinski definition) is 2. The molecule has 5 nitrogen and oxygen atoms in total. The molecule has 1 atom stereocenters. The quantitative estimate of drug-likeness (QED) is 0.193. The van der Waals surface area contributed by atoms with Crippen LogP contribution in [0.3, 0.4) is 0 Å². The molecule has 1 aromatic heterocycles. The molecule has 1 saturated heterocycles. The molecule has 0 spiro atoms. The van der Waals surface area contributed by atoms with E-state index in [4.69, 9.17) is 0 Å². The maximum atomic E-state index is 13.9. The number of rotatable bonds is 7. The van der Waals surface area contributed by atoms with Crippen LogP contribution in [0, 0.1) is 5.82 Å². The van der Waals surface area contributed by atoms with Crippen molar-refractivity contribution < 1.29 is 4.39 Å². The Labute approximate surface area is 187 Å². The van der Waals surface area contributed by atoms with Gasteiger partial charge >= 0.3 is 0 Å². The Bertz CT molecular complexity index is 746. The van der Waals surface area contributed by atoms with Crippen molar-refractivity contribution in [3.05, 3.63) is 54.5 Å². The second-order valence-corrected chi connectivity index (χ2v) is 7.57. The van der Waals surface area contributed by atoms with Crippen molar-refractivity contribution in [3.63, 3.8) is 0 Å².